The van der Waals surface area contributed by atoms with Gasteiger partial charge in [-0.1, -0.05) is 141 Å². The van der Waals surface area contributed by atoms with Crippen LogP contribution in [0.15, 0.2) is 0 Å². The second kappa shape index (κ2) is 34.7. The molecule has 0 amide bonds. The van der Waals surface area contributed by atoms with Crippen molar-refractivity contribution in [3.63, 3.8) is 0 Å². The average Bonchev–Trinajstić information content (AvgIpc) is 3.00. The van der Waals surface area contributed by atoms with E-state index in [1.165, 1.54) is 117 Å². The fourth-order valence-corrected chi connectivity index (χ4v) is 5.37. The van der Waals surface area contributed by atoms with Gasteiger partial charge < -0.3 is 18.9 Å². The summed E-state index contributed by atoms with van der Waals surface area (Å²) in [5.41, 5.74) is 0. The Bertz CT molecular complexity index is 651. The molecule has 0 aromatic heterocycles. The van der Waals surface area contributed by atoms with Gasteiger partial charge in [0.2, 0.25) is 6.79 Å². The highest BCUT2D eigenvalue weighted by atomic mass is 16.7. The van der Waals surface area contributed by atoms with Crippen LogP contribution in [0.5, 0.6) is 0 Å². The first kappa shape index (κ1) is 42.9. The lowest BCUT2D eigenvalue weighted by Gasteiger charge is -2.07. The van der Waals surface area contributed by atoms with E-state index in [0.717, 1.165) is 64.2 Å². The third-order valence-corrected chi connectivity index (χ3v) is 8.10. The lowest BCUT2D eigenvalue weighted by atomic mass is 10.0. The average molecular weight is 641 g/mol. The Morgan fingerprint density at radius 1 is 0.311 bits per heavy atom. The molecule has 264 valence electrons. The third kappa shape index (κ3) is 38.0. The van der Waals surface area contributed by atoms with Crippen LogP contribution in [0.2, 0.25) is 0 Å². The fraction of sp³-hybridized carbons (Fsp3) is 0.892. The monoisotopic (exact) mass is 640 g/mol. The van der Waals surface area contributed by atoms with Crippen molar-refractivity contribution < 1.29 is 38.1 Å². The summed E-state index contributed by atoms with van der Waals surface area (Å²) < 4.78 is 20.0. The molecule has 0 radical (unpaired) electrons. The highest BCUT2D eigenvalue weighted by Gasteiger charge is 2.06. The van der Waals surface area contributed by atoms with E-state index in [4.69, 9.17) is 18.9 Å². The number of ether oxygens (including phenoxy) is 4. The predicted octanol–water partition coefficient (Wildman–Crippen LogP) is 10.1. The molecule has 45 heavy (non-hydrogen) atoms. The SMILES string of the molecule is CC(=O)OCCCCCCCCCCCCCCCC(=O)OCOC(=O)CCCCCCCCCCCCCCCOC(C)=O. The molecule has 0 aliphatic carbocycles. The summed E-state index contributed by atoms with van der Waals surface area (Å²) in [5, 5.41) is 0. The number of rotatable bonds is 34. The van der Waals surface area contributed by atoms with Crippen molar-refractivity contribution in [1.82, 2.24) is 0 Å². The Hall–Kier alpha value is -2.12. The molecule has 0 aliphatic rings. The number of carbonyl (C=O) groups is 4. The van der Waals surface area contributed by atoms with Gasteiger partial charge in [0.25, 0.3) is 0 Å². The molecule has 0 rings (SSSR count). The molecule has 0 aromatic carbocycles. The van der Waals surface area contributed by atoms with E-state index in [1.807, 2.05) is 0 Å². The number of hydrogen-bond acceptors (Lipinski definition) is 8. The molecule has 0 N–H and O–H groups in total. The van der Waals surface area contributed by atoms with Crippen molar-refractivity contribution in [3.8, 4) is 0 Å². The van der Waals surface area contributed by atoms with E-state index in [1.54, 1.807) is 0 Å². The Labute approximate surface area is 275 Å². The molecule has 0 unspecified atom stereocenters. The summed E-state index contributed by atoms with van der Waals surface area (Å²) in [6.45, 7) is 3.76. The van der Waals surface area contributed by atoms with Crippen LogP contribution < -0.4 is 0 Å². The topological polar surface area (TPSA) is 105 Å². The van der Waals surface area contributed by atoms with Gasteiger partial charge in [-0.05, 0) is 25.7 Å². The normalized spacial score (nSPS) is 10.9. The Kier molecular flexibility index (Phi) is 33.1. The molecule has 0 atom stereocenters. The van der Waals surface area contributed by atoms with Crippen molar-refractivity contribution in [2.75, 3.05) is 20.0 Å². The smallest absolute Gasteiger partial charge is 0.308 e. The van der Waals surface area contributed by atoms with Crippen molar-refractivity contribution in [1.29, 1.82) is 0 Å². The first-order valence-corrected chi connectivity index (χ1v) is 18.5. The zero-order valence-electron chi connectivity index (χ0n) is 29.2. The van der Waals surface area contributed by atoms with Crippen molar-refractivity contribution in [2.45, 2.75) is 194 Å². The maximum absolute atomic E-state index is 11.9. The van der Waals surface area contributed by atoms with Gasteiger partial charge in [0, 0.05) is 26.7 Å². The third-order valence-electron chi connectivity index (χ3n) is 8.10. The van der Waals surface area contributed by atoms with Crippen LogP contribution in [-0.4, -0.2) is 43.9 Å². The van der Waals surface area contributed by atoms with Crippen LogP contribution in [0.3, 0.4) is 0 Å². The standard InChI is InChI=1S/C37H68O8/c1-34(38)42-31-27-23-19-15-11-7-3-5-9-13-17-21-25-29-36(40)44-33-45-37(41)30-26-22-18-14-10-6-4-8-12-16-20-24-28-32-43-35(2)39/h3-33H2,1-2H3. The number of unbranched alkanes of at least 4 members (excludes halogenated alkanes) is 24. The second-order valence-corrected chi connectivity index (χ2v) is 12.5. The van der Waals surface area contributed by atoms with E-state index < -0.39 is 0 Å². The molecule has 0 aliphatic heterocycles. The highest BCUT2D eigenvalue weighted by molar-refractivity contribution is 5.71. The van der Waals surface area contributed by atoms with Crippen LogP contribution in [-0.2, 0) is 38.1 Å². The minimum atomic E-state index is -0.287. The van der Waals surface area contributed by atoms with Gasteiger partial charge in [0.15, 0.2) is 0 Å². The van der Waals surface area contributed by atoms with Crippen LogP contribution >= 0.6 is 0 Å². The number of esters is 4. The minimum Gasteiger partial charge on any atom is -0.466 e. The van der Waals surface area contributed by atoms with Gasteiger partial charge in [0.05, 0.1) is 13.2 Å². The van der Waals surface area contributed by atoms with E-state index >= 15 is 0 Å². The summed E-state index contributed by atoms with van der Waals surface area (Å²) in [7, 11) is 0. The Balaban J connectivity index is 3.28. The molecule has 0 heterocycles. The van der Waals surface area contributed by atoms with E-state index in [9.17, 15) is 19.2 Å². The highest BCUT2D eigenvalue weighted by Crippen LogP contribution is 2.15. The first-order valence-electron chi connectivity index (χ1n) is 18.5. The number of hydrogen-bond donors (Lipinski definition) is 0. The van der Waals surface area contributed by atoms with Crippen LogP contribution in [0.25, 0.3) is 0 Å². The lowest BCUT2D eigenvalue weighted by molar-refractivity contribution is -0.167. The summed E-state index contributed by atoms with van der Waals surface area (Å²) in [5.74, 6) is -0.948. The zero-order valence-corrected chi connectivity index (χ0v) is 29.2. The second-order valence-electron chi connectivity index (χ2n) is 12.5. The molecule has 0 bridgehead atoms. The quantitative estimate of drug-likeness (QED) is 0.0296. The van der Waals surface area contributed by atoms with E-state index in [-0.39, 0.29) is 30.7 Å². The summed E-state index contributed by atoms with van der Waals surface area (Å²) >= 11 is 0. The van der Waals surface area contributed by atoms with Crippen molar-refractivity contribution >= 4 is 23.9 Å². The van der Waals surface area contributed by atoms with E-state index in [2.05, 4.69) is 0 Å². The first-order chi connectivity index (χ1) is 21.9. The van der Waals surface area contributed by atoms with Crippen LogP contribution in [0.4, 0.5) is 0 Å². The molecule has 8 nitrogen and oxygen atoms in total. The molecule has 0 saturated carbocycles. The van der Waals surface area contributed by atoms with Gasteiger partial charge in [-0.25, -0.2) is 0 Å². The van der Waals surface area contributed by atoms with Gasteiger partial charge in [-0.15, -0.1) is 0 Å². The lowest BCUT2D eigenvalue weighted by Crippen LogP contribution is -2.12. The fourth-order valence-electron chi connectivity index (χ4n) is 5.37. The molecule has 0 aromatic rings. The molecular formula is C37H68O8. The largest absolute Gasteiger partial charge is 0.466 e. The van der Waals surface area contributed by atoms with Gasteiger partial charge in [0.1, 0.15) is 0 Å². The van der Waals surface area contributed by atoms with Crippen molar-refractivity contribution in [2.24, 2.45) is 0 Å². The maximum Gasteiger partial charge on any atom is 0.308 e. The van der Waals surface area contributed by atoms with Crippen LogP contribution in [0.1, 0.15) is 194 Å². The maximum atomic E-state index is 11.9. The van der Waals surface area contributed by atoms with Crippen molar-refractivity contribution in [3.05, 3.63) is 0 Å². The summed E-state index contributed by atoms with van der Waals surface area (Å²) in [6, 6.07) is 0. The summed E-state index contributed by atoms with van der Waals surface area (Å²) in [6.07, 6.45) is 31.2. The predicted molar refractivity (Wildman–Crippen MR) is 180 cm³/mol. The molecular weight excluding hydrogens is 572 g/mol. The van der Waals surface area contributed by atoms with E-state index in [0.29, 0.717) is 26.1 Å². The number of carbonyl (C=O) groups excluding carboxylic acids is 4. The Morgan fingerprint density at radius 3 is 0.778 bits per heavy atom. The minimum absolute atomic E-state index is 0.188. The molecule has 0 fully saturated rings. The van der Waals surface area contributed by atoms with Gasteiger partial charge in [-0.3, -0.25) is 19.2 Å². The molecule has 0 spiro atoms. The molecule has 0 saturated heterocycles. The van der Waals surface area contributed by atoms with Gasteiger partial charge in [-0.2, -0.15) is 0 Å². The molecule has 8 heteroatoms. The zero-order chi connectivity index (χ0) is 33.1. The van der Waals surface area contributed by atoms with Gasteiger partial charge >= 0.3 is 23.9 Å². The Morgan fingerprint density at radius 2 is 0.533 bits per heavy atom. The summed E-state index contributed by atoms with van der Waals surface area (Å²) in [4.78, 5) is 45.1. The van der Waals surface area contributed by atoms with Crippen LogP contribution in [0, 0.1) is 0 Å².